The summed E-state index contributed by atoms with van der Waals surface area (Å²) in [6.07, 6.45) is 0. The van der Waals surface area contributed by atoms with Gasteiger partial charge in [0.05, 0.1) is 0 Å². The van der Waals surface area contributed by atoms with Crippen molar-refractivity contribution in [2.45, 2.75) is 45.4 Å². The van der Waals surface area contributed by atoms with Gasteiger partial charge in [0, 0.05) is 27.9 Å². The Hall–Kier alpha value is -4.10. The minimum absolute atomic E-state index is 0.00400. The number of hydrogen-bond donors (Lipinski definition) is 0. The van der Waals surface area contributed by atoms with Gasteiger partial charge in [-0.1, -0.05) is 93.9 Å². The van der Waals surface area contributed by atoms with E-state index in [9.17, 15) is 0 Å². The Bertz CT molecular complexity index is 1670. The van der Waals surface area contributed by atoms with E-state index in [0.717, 1.165) is 0 Å². The molecule has 1 heteroatoms. The van der Waals surface area contributed by atoms with Crippen molar-refractivity contribution in [3.05, 3.63) is 137 Å². The van der Waals surface area contributed by atoms with Crippen molar-refractivity contribution in [2.24, 2.45) is 0 Å². The number of nitrogens with zero attached hydrogens (tertiary/aromatic N) is 1. The Kier molecular flexibility index (Phi) is 4.82. The third-order valence-electron chi connectivity index (χ3n) is 8.90. The van der Waals surface area contributed by atoms with Crippen LogP contribution in [0.15, 0.2) is 109 Å². The van der Waals surface area contributed by atoms with Crippen molar-refractivity contribution in [3.63, 3.8) is 0 Å². The topological polar surface area (TPSA) is 3.24 Å². The molecule has 0 aliphatic heterocycles. The first-order valence-electron chi connectivity index (χ1n) is 13.6. The summed E-state index contributed by atoms with van der Waals surface area (Å²) in [5.41, 5.74) is 16.0. The molecule has 5 aromatic rings. The molecule has 0 saturated heterocycles. The van der Waals surface area contributed by atoms with Crippen molar-refractivity contribution in [2.75, 3.05) is 4.90 Å². The van der Waals surface area contributed by atoms with Crippen LogP contribution in [-0.4, -0.2) is 0 Å². The maximum absolute atomic E-state index is 2.50. The van der Waals surface area contributed by atoms with E-state index >= 15 is 0 Å². The second kappa shape index (κ2) is 7.95. The van der Waals surface area contributed by atoms with E-state index in [2.05, 4.69) is 149 Å². The monoisotopic (exact) mass is 491 g/mol. The zero-order valence-corrected chi connectivity index (χ0v) is 22.8. The lowest BCUT2D eigenvalue weighted by Crippen LogP contribution is -2.17. The van der Waals surface area contributed by atoms with Crippen LogP contribution >= 0.6 is 0 Å². The zero-order chi connectivity index (χ0) is 26.2. The van der Waals surface area contributed by atoms with Crippen molar-refractivity contribution in [3.8, 4) is 22.3 Å². The zero-order valence-electron chi connectivity index (χ0n) is 22.8. The number of para-hydroxylation sites is 2. The molecule has 0 aromatic heterocycles. The van der Waals surface area contributed by atoms with E-state index < -0.39 is 0 Å². The number of benzene rings is 5. The quantitative estimate of drug-likeness (QED) is 0.243. The number of rotatable bonds is 3. The van der Waals surface area contributed by atoms with Crippen molar-refractivity contribution >= 4 is 17.1 Å². The van der Waals surface area contributed by atoms with E-state index in [1.807, 2.05) is 0 Å². The van der Waals surface area contributed by atoms with Gasteiger partial charge in [0.1, 0.15) is 0 Å². The molecule has 2 aliphatic carbocycles. The average molecular weight is 492 g/mol. The number of anilines is 3. The fourth-order valence-electron chi connectivity index (χ4n) is 6.80. The molecule has 1 nitrogen and oxygen atoms in total. The second-order valence-electron chi connectivity index (χ2n) is 12.0. The summed E-state index contributed by atoms with van der Waals surface area (Å²) in [4.78, 5) is 2.36. The first-order chi connectivity index (χ1) is 18.3. The summed E-state index contributed by atoms with van der Waals surface area (Å²) in [5.74, 6) is 0. The first kappa shape index (κ1) is 23.0. The van der Waals surface area contributed by atoms with E-state index in [4.69, 9.17) is 0 Å². The van der Waals surface area contributed by atoms with E-state index in [1.54, 1.807) is 0 Å². The van der Waals surface area contributed by atoms with Gasteiger partial charge in [-0.15, -0.1) is 0 Å². The van der Waals surface area contributed by atoms with Gasteiger partial charge in [0.25, 0.3) is 0 Å². The fraction of sp³-hybridized carbons (Fsp3) is 0.189. The van der Waals surface area contributed by atoms with Gasteiger partial charge in [0.15, 0.2) is 0 Å². The van der Waals surface area contributed by atoms with E-state index in [-0.39, 0.29) is 10.8 Å². The van der Waals surface area contributed by atoms with Crippen molar-refractivity contribution < 1.29 is 0 Å². The van der Waals surface area contributed by atoms with Gasteiger partial charge < -0.3 is 4.90 Å². The summed E-state index contributed by atoms with van der Waals surface area (Å²) >= 11 is 0. The molecule has 0 heterocycles. The average Bonchev–Trinajstić information content (AvgIpc) is 3.28. The second-order valence-corrected chi connectivity index (χ2v) is 12.0. The molecule has 7 rings (SSSR count). The maximum atomic E-state index is 2.50. The maximum Gasteiger partial charge on any atom is 0.0465 e. The Labute approximate surface area is 226 Å². The van der Waals surface area contributed by atoms with Gasteiger partial charge in [-0.25, -0.2) is 0 Å². The number of aryl methyl sites for hydroxylation is 1. The molecule has 0 bridgehead atoms. The molecule has 0 spiro atoms. The molecule has 2 aliphatic rings. The number of fused-ring (bicyclic) bond motifs is 6. The number of hydrogen-bond acceptors (Lipinski definition) is 1. The summed E-state index contributed by atoms with van der Waals surface area (Å²) in [5, 5.41) is 0. The predicted molar refractivity (Wildman–Crippen MR) is 161 cm³/mol. The van der Waals surface area contributed by atoms with Crippen LogP contribution in [0.5, 0.6) is 0 Å². The van der Waals surface area contributed by atoms with E-state index in [1.165, 1.54) is 67.1 Å². The molecular weight excluding hydrogens is 458 g/mol. The predicted octanol–water partition coefficient (Wildman–Crippen LogP) is 10.1. The molecule has 0 radical (unpaired) electrons. The Morgan fingerprint density at radius 3 is 1.39 bits per heavy atom. The lowest BCUT2D eigenvalue weighted by Gasteiger charge is -2.28. The Balaban J connectivity index is 1.40. The standard InChI is InChI=1S/C37H33N/c1-24-16-18-28-30-22-35-31(23-34(30)36(2,3)32(28)20-24)29-19-17-27(21-33(29)37(35,4)5)38(25-12-8-6-9-13-25)26-14-10-7-11-15-26/h6-23H,1-5H3. The van der Waals surface area contributed by atoms with Crippen LogP contribution < -0.4 is 4.90 Å². The van der Waals surface area contributed by atoms with Gasteiger partial charge in [-0.05, 0) is 100.0 Å². The largest absolute Gasteiger partial charge is 0.310 e. The summed E-state index contributed by atoms with van der Waals surface area (Å²) in [7, 11) is 0. The first-order valence-corrected chi connectivity index (χ1v) is 13.6. The molecule has 0 saturated carbocycles. The molecule has 0 unspecified atom stereocenters. The highest BCUT2D eigenvalue weighted by Crippen LogP contribution is 2.56. The van der Waals surface area contributed by atoms with Gasteiger partial charge >= 0.3 is 0 Å². The third-order valence-corrected chi connectivity index (χ3v) is 8.90. The van der Waals surface area contributed by atoms with Crippen LogP contribution in [0.25, 0.3) is 22.3 Å². The third kappa shape index (κ3) is 3.18. The molecular formula is C37H33N. The van der Waals surface area contributed by atoms with Crippen LogP contribution in [0.3, 0.4) is 0 Å². The molecule has 0 atom stereocenters. The SMILES string of the molecule is Cc1ccc2c(c1)C(C)(C)c1cc3c(cc1-2)C(C)(C)c1cc(N(c2ccccc2)c2ccccc2)ccc1-3. The lowest BCUT2D eigenvalue weighted by molar-refractivity contribution is 0.652. The van der Waals surface area contributed by atoms with Crippen LogP contribution in [0.2, 0.25) is 0 Å². The molecule has 186 valence electrons. The van der Waals surface area contributed by atoms with Crippen LogP contribution in [0, 0.1) is 6.92 Å². The lowest BCUT2D eigenvalue weighted by atomic mass is 9.79. The minimum atomic E-state index is -0.0909. The van der Waals surface area contributed by atoms with Crippen molar-refractivity contribution in [1.29, 1.82) is 0 Å². The van der Waals surface area contributed by atoms with Gasteiger partial charge in [-0.2, -0.15) is 0 Å². The Morgan fingerprint density at radius 1 is 0.421 bits per heavy atom. The van der Waals surface area contributed by atoms with Crippen LogP contribution in [0.1, 0.15) is 55.5 Å². The Morgan fingerprint density at radius 2 is 0.868 bits per heavy atom. The summed E-state index contributed by atoms with van der Waals surface area (Å²) in [6, 6.07) is 40.4. The highest BCUT2D eigenvalue weighted by atomic mass is 15.1. The van der Waals surface area contributed by atoms with Gasteiger partial charge in [-0.3, -0.25) is 0 Å². The smallest absolute Gasteiger partial charge is 0.0465 e. The molecule has 0 amide bonds. The molecule has 0 N–H and O–H groups in total. The molecule has 38 heavy (non-hydrogen) atoms. The summed E-state index contributed by atoms with van der Waals surface area (Å²) in [6.45, 7) is 11.7. The molecule has 5 aromatic carbocycles. The normalized spacial score (nSPS) is 15.4. The van der Waals surface area contributed by atoms with E-state index in [0.29, 0.717) is 0 Å². The highest BCUT2D eigenvalue weighted by molar-refractivity contribution is 5.91. The molecule has 0 fully saturated rings. The summed E-state index contributed by atoms with van der Waals surface area (Å²) < 4.78 is 0. The van der Waals surface area contributed by atoms with Crippen LogP contribution in [-0.2, 0) is 10.8 Å². The minimum Gasteiger partial charge on any atom is -0.310 e. The van der Waals surface area contributed by atoms with Gasteiger partial charge in [0.2, 0.25) is 0 Å². The fourth-order valence-corrected chi connectivity index (χ4v) is 6.80. The highest BCUT2D eigenvalue weighted by Gasteiger charge is 2.41. The van der Waals surface area contributed by atoms with Crippen LogP contribution in [0.4, 0.5) is 17.1 Å². The van der Waals surface area contributed by atoms with Crippen molar-refractivity contribution in [1.82, 2.24) is 0 Å².